The Morgan fingerprint density at radius 1 is 1.47 bits per heavy atom. The third-order valence-corrected chi connectivity index (χ3v) is 3.56. The molecule has 0 aliphatic carbocycles. The Labute approximate surface area is 105 Å². The first-order valence-corrected chi connectivity index (χ1v) is 6.77. The Morgan fingerprint density at radius 2 is 2.06 bits per heavy atom. The van der Waals surface area contributed by atoms with Gasteiger partial charge in [-0.2, -0.15) is 0 Å². The maximum absolute atomic E-state index is 11.9. The van der Waals surface area contributed by atoms with Crippen LogP contribution in [0.3, 0.4) is 0 Å². The number of primary sulfonamides is 1. The van der Waals surface area contributed by atoms with Crippen molar-refractivity contribution in [3.05, 3.63) is 28.8 Å². The van der Waals surface area contributed by atoms with Gasteiger partial charge in [0, 0.05) is 13.6 Å². The topological polar surface area (TPSA) is 80.5 Å². The first kappa shape index (κ1) is 14.0. The Kier molecular flexibility index (Phi) is 4.13. The number of sulfonamides is 1. The van der Waals surface area contributed by atoms with E-state index in [1.807, 2.05) is 0 Å². The Hall–Kier alpha value is -1.11. The van der Waals surface area contributed by atoms with Crippen LogP contribution < -0.4 is 5.14 Å². The van der Waals surface area contributed by atoms with Crippen molar-refractivity contribution in [1.82, 2.24) is 4.90 Å². The lowest BCUT2D eigenvalue weighted by Crippen LogP contribution is -2.27. The van der Waals surface area contributed by atoms with Crippen molar-refractivity contribution < 1.29 is 13.2 Å². The molecular formula is C10H13ClN2O3S. The lowest BCUT2D eigenvalue weighted by Gasteiger charge is -2.15. The molecule has 0 unspecified atom stereocenters. The molecule has 0 atom stereocenters. The van der Waals surface area contributed by atoms with Crippen LogP contribution >= 0.6 is 11.6 Å². The third kappa shape index (κ3) is 3.18. The molecule has 0 bridgehead atoms. The van der Waals surface area contributed by atoms with Crippen LogP contribution in [0.15, 0.2) is 23.1 Å². The smallest absolute Gasteiger partial charge is 0.255 e. The molecule has 2 N–H and O–H groups in total. The lowest BCUT2D eigenvalue weighted by molar-refractivity contribution is 0.0802. The predicted molar refractivity (Wildman–Crippen MR) is 65.5 cm³/mol. The van der Waals surface area contributed by atoms with Crippen LogP contribution in [0.4, 0.5) is 0 Å². The summed E-state index contributed by atoms with van der Waals surface area (Å²) in [5.41, 5.74) is 0.127. The number of nitrogens with two attached hydrogens (primary N) is 1. The Morgan fingerprint density at radius 3 is 2.53 bits per heavy atom. The van der Waals surface area contributed by atoms with Crippen molar-refractivity contribution in [1.29, 1.82) is 0 Å². The summed E-state index contributed by atoms with van der Waals surface area (Å²) in [5.74, 6) is -0.344. The summed E-state index contributed by atoms with van der Waals surface area (Å²) < 4.78 is 22.3. The second-order valence-corrected chi connectivity index (χ2v) is 5.47. The molecule has 0 heterocycles. The zero-order valence-electron chi connectivity index (χ0n) is 9.47. The molecule has 1 aromatic rings. The van der Waals surface area contributed by atoms with E-state index < -0.39 is 10.0 Å². The van der Waals surface area contributed by atoms with Gasteiger partial charge in [-0.3, -0.25) is 4.79 Å². The molecule has 0 aliphatic rings. The molecule has 1 rings (SSSR count). The fourth-order valence-corrected chi connectivity index (χ4v) is 1.93. The van der Waals surface area contributed by atoms with Crippen molar-refractivity contribution in [2.75, 3.05) is 13.6 Å². The molecular weight excluding hydrogens is 264 g/mol. The first-order valence-electron chi connectivity index (χ1n) is 4.85. The summed E-state index contributed by atoms with van der Waals surface area (Å²) in [6.07, 6.45) is 0. The third-order valence-electron chi connectivity index (χ3n) is 2.32. The van der Waals surface area contributed by atoms with Crippen molar-refractivity contribution in [3.8, 4) is 0 Å². The second kappa shape index (κ2) is 5.03. The highest BCUT2D eigenvalue weighted by atomic mass is 35.5. The maximum atomic E-state index is 11.9. The molecule has 1 aromatic carbocycles. The van der Waals surface area contributed by atoms with Crippen molar-refractivity contribution in [2.24, 2.45) is 5.14 Å². The summed E-state index contributed by atoms with van der Waals surface area (Å²) in [6.45, 7) is 2.30. The van der Waals surface area contributed by atoms with Gasteiger partial charge in [-0.25, -0.2) is 13.6 Å². The number of carbonyl (C=O) groups is 1. The number of hydrogen-bond acceptors (Lipinski definition) is 3. The quantitative estimate of drug-likeness (QED) is 0.897. The monoisotopic (exact) mass is 276 g/mol. The van der Waals surface area contributed by atoms with Gasteiger partial charge in [-0.05, 0) is 25.1 Å². The minimum atomic E-state index is -3.84. The van der Waals surface area contributed by atoms with E-state index >= 15 is 0 Å². The fraction of sp³-hybridized carbons (Fsp3) is 0.300. The summed E-state index contributed by atoms with van der Waals surface area (Å²) in [4.78, 5) is 13.2. The lowest BCUT2D eigenvalue weighted by atomic mass is 10.2. The second-order valence-electron chi connectivity index (χ2n) is 3.51. The van der Waals surface area contributed by atoms with Crippen LogP contribution in [0, 0.1) is 0 Å². The van der Waals surface area contributed by atoms with Gasteiger partial charge in [0.2, 0.25) is 10.0 Å². The Bertz CT molecular complexity index is 542. The van der Waals surface area contributed by atoms with Crippen molar-refractivity contribution in [3.63, 3.8) is 0 Å². The molecule has 94 valence electrons. The molecule has 0 saturated carbocycles. The molecule has 0 fully saturated rings. The summed E-state index contributed by atoms with van der Waals surface area (Å²) in [7, 11) is -2.24. The number of carbonyl (C=O) groups excluding carboxylic acids is 1. The number of halogens is 1. The standard InChI is InChI=1S/C10H13ClN2O3S/c1-3-13(2)10(14)8-6-7(17(12,15)16)4-5-9(8)11/h4-6H,3H2,1-2H3,(H2,12,15,16). The predicted octanol–water partition coefficient (Wildman–Crippen LogP) is 1.08. The van der Waals surface area contributed by atoms with Crippen molar-refractivity contribution >= 4 is 27.5 Å². The van der Waals surface area contributed by atoms with E-state index in [9.17, 15) is 13.2 Å². The van der Waals surface area contributed by atoms with Gasteiger partial charge < -0.3 is 4.90 Å². The normalized spacial score (nSPS) is 11.3. The van der Waals surface area contributed by atoms with Gasteiger partial charge in [0.1, 0.15) is 0 Å². The largest absolute Gasteiger partial charge is 0.342 e. The van der Waals surface area contributed by atoms with E-state index in [2.05, 4.69) is 0 Å². The molecule has 17 heavy (non-hydrogen) atoms. The average molecular weight is 277 g/mol. The average Bonchev–Trinajstić information content (AvgIpc) is 2.26. The van der Waals surface area contributed by atoms with Gasteiger partial charge in [0.05, 0.1) is 15.5 Å². The molecule has 0 spiro atoms. The number of benzene rings is 1. The Balaban J connectivity index is 3.30. The van der Waals surface area contributed by atoms with E-state index in [-0.39, 0.29) is 21.4 Å². The highest BCUT2D eigenvalue weighted by Crippen LogP contribution is 2.21. The van der Waals surface area contributed by atoms with Crippen LogP contribution in [0.5, 0.6) is 0 Å². The van der Waals surface area contributed by atoms with E-state index in [0.29, 0.717) is 6.54 Å². The van der Waals surface area contributed by atoms with E-state index in [1.165, 1.54) is 23.1 Å². The SMILES string of the molecule is CCN(C)C(=O)c1cc(S(N)(=O)=O)ccc1Cl. The van der Waals surface area contributed by atoms with Crippen LogP contribution in [0.25, 0.3) is 0 Å². The summed E-state index contributed by atoms with van der Waals surface area (Å²) in [6, 6.07) is 3.80. The molecule has 0 radical (unpaired) electrons. The molecule has 0 aromatic heterocycles. The van der Waals surface area contributed by atoms with Gasteiger partial charge in [-0.15, -0.1) is 0 Å². The van der Waals surface area contributed by atoms with Crippen LogP contribution in [-0.2, 0) is 10.0 Å². The molecule has 5 nitrogen and oxygen atoms in total. The van der Waals surface area contributed by atoms with Gasteiger partial charge in [0.15, 0.2) is 0 Å². The van der Waals surface area contributed by atoms with E-state index in [0.717, 1.165) is 0 Å². The minimum absolute atomic E-state index is 0.127. The maximum Gasteiger partial charge on any atom is 0.255 e. The zero-order valence-corrected chi connectivity index (χ0v) is 11.0. The van der Waals surface area contributed by atoms with Crippen LogP contribution in [0.2, 0.25) is 5.02 Å². The van der Waals surface area contributed by atoms with Crippen LogP contribution in [0.1, 0.15) is 17.3 Å². The summed E-state index contributed by atoms with van der Waals surface area (Å²) in [5, 5.41) is 5.19. The van der Waals surface area contributed by atoms with E-state index in [4.69, 9.17) is 16.7 Å². The minimum Gasteiger partial charge on any atom is -0.342 e. The number of nitrogens with zero attached hydrogens (tertiary/aromatic N) is 1. The number of amides is 1. The first-order chi connectivity index (χ1) is 7.77. The zero-order chi connectivity index (χ0) is 13.2. The fourth-order valence-electron chi connectivity index (χ4n) is 1.19. The number of rotatable bonds is 3. The molecule has 7 heteroatoms. The summed E-state index contributed by atoms with van der Waals surface area (Å²) >= 11 is 5.86. The van der Waals surface area contributed by atoms with Crippen LogP contribution in [-0.4, -0.2) is 32.8 Å². The number of hydrogen-bond donors (Lipinski definition) is 1. The van der Waals surface area contributed by atoms with Gasteiger partial charge in [0.25, 0.3) is 5.91 Å². The highest BCUT2D eigenvalue weighted by molar-refractivity contribution is 7.89. The molecule has 1 amide bonds. The molecule has 0 saturated heterocycles. The van der Waals surface area contributed by atoms with Gasteiger partial charge >= 0.3 is 0 Å². The highest BCUT2D eigenvalue weighted by Gasteiger charge is 2.17. The molecule has 0 aliphatic heterocycles. The van der Waals surface area contributed by atoms with Gasteiger partial charge in [-0.1, -0.05) is 11.6 Å². The van der Waals surface area contributed by atoms with Crippen molar-refractivity contribution in [2.45, 2.75) is 11.8 Å². The van der Waals surface area contributed by atoms with E-state index in [1.54, 1.807) is 14.0 Å².